The number of esters is 1. The fraction of sp³-hybridized carbons (Fsp3) is 0.192. The lowest BCUT2D eigenvalue weighted by atomic mass is 9.87. The van der Waals surface area contributed by atoms with Crippen molar-refractivity contribution < 1.29 is 9.53 Å². The molecule has 1 atom stereocenters. The number of benzene rings is 3. The van der Waals surface area contributed by atoms with Crippen molar-refractivity contribution in [1.29, 1.82) is 0 Å². The number of carbonyl (C=O) groups is 1. The molecule has 29 heavy (non-hydrogen) atoms. The number of carbonyl (C=O) groups excluding carboxylic acids is 1. The molecule has 0 bridgehead atoms. The molecule has 0 aromatic heterocycles. The molecule has 0 N–H and O–H groups in total. The van der Waals surface area contributed by atoms with Crippen molar-refractivity contribution in [3.63, 3.8) is 0 Å². The zero-order chi connectivity index (χ0) is 20.3. The second kappa shape index (κ2) is 7.96. The maximum Gasteiger partial charge on any atom is 0.335 e. The summed E-state index contributed by atoms with van der Waals surface area (Å²) >= 11 is 0. The van der Waals surface area contributed by atoms with Crippen LogP contribution in [0, 0.1) is 0 Å². The highest BCUT2D eigenvalue weighted by atomic mass is 16.5. The van der Waals surface area contributed by atoms with Gasteiger partial charge in [-0.25, -0.2) is 4.79 Å². The van der Waals surface area contributed by atoms with Crippen LogP contribution in [0.15, 0.2) is 96.6 Å². The lowest BCUT2D eigenvalue weighted by Crippen LogP contribution is -2.38. The molecular weight excluding hydrogens is 358 g/mol. The van der Waals surface area contributed by atoms with E-state index in [1.165, 1.54) is 18.2 Å². The standard InChI is InChI=1S/C26H25NO2/c1-26(22-16-10-5-11-17-22)18-23(25(28)29-2)24(21-14-8-4-9-15-21)27(26)19-20-12-6-3-7-13-20/h3-17H,18-19H2,1-2H3. The fourth-order valence-corrected chi connectivity index (χ4v) is 4.23. The Morgan fingerprint density at radius 1 is 0.897 bits per heavy atom. The third-order valence-corrected chi connectivity index (χ3v) is 5.73. The van der Waals surface area contributed by atoms with Gasteiger partial charge in [0, 0.05) is 13.0 Å². The Kier molecular flexibility index (Phi) is 5.22. The lowest BCUT2D eigenvalue weighted by Gasteiger charge is -2.40. The molecule has 0 saturated carbocycles. The van der Waals surface area contributed by atoms with Crippen LogP contribution in [0.3, 0.4) is 0 Å². The molecule has 1 unspecified atom stereocenters. The number of hydrogen-bond donors (Lipinski definition) is 0. The van der Waals surface area contributed by atoms with Crippen molar-refractivity contribution in [2.24, 2.45) is 0 Å². The van der Waals surface area contributed by atoms with E-state index in [9.17, 15) is 4.79 Å². The summed E-state index contributed by atoms with van der Waals surface area (Å²) in [5, 5.41) is 0. The zero-order valence-electron chi connectivity index (χ0n) is 16.8. The molecular formula is C26H25NO2. The van der Waals surface area contributed by atoms with Crippen LogP contribution < -0.4 is 0 Å². The van der Waals surface area contributed by atoms with Crippen LogP contribution in [0.1, 0.15) is 30.0 Å². The minimum Gasteiger partial charge on any atom is -0.466 e. The van der Waals surface area contributed by atoms with Gasteiger partial charge in [-0.05, 0) is 23.6 Å². The molecule has 0 aliphatic carbocycles. The van der Waals surface area contributed by atoms with Crippen LogP contribution in [0.2, 0.25) is 0 Å². The monoisotopic (exact) mass is 383 g/mol. The maximum absolute atomic E-state index is 12.8. The van der Waals surface area contributed by atoms with Crippen LogP contribution in [0.5, 0.6) is 0 Å². The number of methoxy groups -OCH3 is 1. The molecule has 3 aromatic rings. The molecule has 146 valence electrons. The molecule has 3 aromatic carbocycles. The molecule has 1 heterocycles. The van der Waals surface area contributed by atoms with E-state index in [-0.39, 0.29) is 11.5 Å². The summed E-state index contributed by atoms with van der Waals surface area (Å²) in [6.45, 7) is 2.92. The maximum atomic E-state index is 12.8. The topological polar surface area (TPSA) is 29.5 Å². The molecule has 3 heteroatoms. The van der Waals surface area contributed by atoms with E-state index in [0.29, 0.717) is 13.0 Å². The average molecular weight is 383 g/mol. The van der Waals surface area contributed by atoms with Crippen molar-refractivity contribution in [2.45, 2.75) is 25.4 Å². The fourth-order valence-electron chi connectivity index (χ4n) is 4.23. The summed E-state index contributed by atoms with van der Waals surface area (Å²) in [6, 6.07) is 30.9. The quantitative estimate of drug-likeness (QED) is 0.553. The van der Waals surface area contributed by atoms with Gasteiger partial charge in [0.25, 0.3) is 0 Å². The predicted molar refractivity (Wildman–Crippen MR) is 116 cm³/mol. The van der Waals surface area contributed by atoms with E-state index in [4.69, 9.17) is 4.74 Å². The molecule has 1 aliphatic heterocycles. The van der Waals surface area contributed by atoms with E-state index in [2.05, 4.69) is 72.5 Å². The van der Waals surface area contributed by atoms with Gasteiger partial charge >= 0.3 is 5.97 Å². The Morgan fingerprint density at radius 2 is 1.45 bits per heavy atom. The lowest BCUT2D eigenvalue weighted by molar-refractivity contribution is -0.136. The average Bonchev–Trinajstić information content (AvgIpc) is 3.08. The summed E-state index contributed by atoms with van der Waals surface area (Å²) in [7, 11) is 1.46. The van der Waals surface area contributed by atoms with Crippen LogP contribution in [-0.4, -0.2) is 18.0 Å². The number of nitrogens with zero attached hydrogens (tertiary/aromatic N) is 1. The number of ether oxygens (including phenoxy) is 1. The van der Waals surface area contributed by atoms with Crippen molar-refractivity contribution in [3.05, 3.63) is 113 Å². The van der Waals surface area contributed by atoms with Crippen molar-refractivity contribution in [1.82, 2.24) is 4.90 Å². The first-order chi connectivity index (χ1) is 14.1. The first kappa shape index (κ1) is 19.0. The third kappa shape index (κ3) is 3.56. The minimum absolute atomic E-state index is 0.262. The molecule has 4 rings (SSSR count). The summed E-state index contributed by atoms with van der Waals surface area (Å²) < 4.78 is 5.19. The Labute approximate surface area is 172 Å². The van der Waals surface area contributed by atoms with Gasteiger partial charge in [-0.3, -0.25) is 0 Å². The van der Waals surface area contributed by atoms with Crippen LogP contribution in [0.4, 0.5) is 0 Å². The van der Waals surface area contributed by atoms with Gasteiger partial charge in [0.1, 0.15) is 0 Å². The van der Waals surface area contributed by atoms with E-state index >= 15 is 0 Å². The number of rotatable bonds is 5. The van der Waals surface area contributed by atoms with E-state index in [1.807, 2.05) is 30.3 Å². The van der Waals surface area contributed by atoms with E-state index in [0.717, 1.165) is 16.8 Å². The zero-order valence-corrected chi connectivity index (χ0v) is 16.8. The number of hydrogen-bond acceptors (Lipinski definition) is 3. The molecule has 0 saturated heterocycles. The molecule has 0 spiro atoms. The largest absolute Gasteiger partial charge is 0.466 e. The van der Waals surface area contributed by atoms with Crippen molar-refractivity contribution in [2.75, 3.05) is 7.11 Å². The van der Waals surface area contributed by atoms with Gasteiger partial charge in [0.05, 0.1) is 23.9 Å². The smallest absolute Gasteiger partial charge is 0.335 e. The van der Waals surface area contributed by atoms with Crippen molar-refractivity contribution in [3.8, 4) is 0 Å². The van der Waals surface area contributed by atoms with E-state index in [1.54, 1.807) is 0 Å². The molecule has 3 nitrogen and oxygen atoms in total. The molecule has 0 radical (unpaired) electrons. The highest BCUT2D eigenvalue weighted by molar-refractivity contribution is 5.99. The van der Waals surface area contributed by atoms with Crippen LogP contribution in [0.25, 0.3) is 5.70 Å². The van der Waals surface area contributed by atoms with Gasteiger partial charge in [0.15, 0.2) is 0 Å². The van der Waals surface area contributed by atoms with Gasteiger partial charge in [-0.15, -0.1) is 0 Å². The highest BCUT2D eigenvalue weighted by Gasteiger charge is 2.45. The Balaban J connectivity index is 1.90. The van der Waals surface area contributed by atoms with Gasteiger partial charge in [0.2, 0.25) is 0 Å². The summed E-state index contributed by atoms with van der Waals surface area (Å²) in [4.78, 5) is 15.2. The highest BCUT2D eigenvalue weighted by Crippen LogP contribution is 2.49. The molecule has 0 fully saturated rings. The minimum atomic E-state index is -0.355. The molecule has 0 amide bonds. The Bertz CT molecular complexity index is 1010. The summed E-state index contributed by atoms with van der Waals surface area (Å²) in [5.41, 5.74) is 4.74. The van der Waals surface area contributed by atoms with Crippen molar-refractivity contribution >= 4 is 11.7 Å². The second-order valence-corrected chi connectivity index (χ2v) is 7.57. The molecule has 1 aliphatic rings. The Morgan fingerprint density at radius 3 is 2.03 bits per heavy atom. The van der Waals surface area contributed by atoms with Gasteiger partial charge in [-0.2, -0.15) is 0 Å². The summed E-state index contributed by atoms with van der Waals surface area (Å²) in [6.07, 6.45) is 0.598. The normalized spacial score (nSPS) is 18.8. The second-order valence-electron chi connectivity index (χ2n) is 7.57. The third-order valence-electron chi connectivity index (χ3n) is 5.73. The first-order valence-electron chi connectivity index (χ1n) is 9.87. The van der Waals surface area contributed by atoms with Gasteiger partial charge in [-0.1, -0.05) is 91.0 Å². The predicted octanol–water partition coefficient (Wildman–Crippen LogP) is 5.39. The van der Waals surface area contributed by atoms with E-state index < -0.39 is 0 Å². The first-order valence-corrected chi connectivity index (χ1v) is 9.87. The SMILES string of the molecule is COC(=O)C1=C(c2ccccc2)N(Cc2ccccc2)C(C)(c2ccccc2)C1. The van der Waals surface area contributed by atoms with Gasteiger partial charge < -0.3 is 9.64 Å². The summed E-state index contributed by atoms with van der Waals surface area (Å²) in [5.74, 6) is -0.262. The van der Waals surface area contributed by atoms with Crippen LogP contribution in [-0.2, 0) is 21.6 Å². The Hall–Kier alpha value is -3.33. The van der Waals surface area contributed by atoms with Crippen LogP contribution >= 0.6 is 0 Å².